The third-order valence-electron chi connectivity index (χ3n) is 2.99. The Bertz CT molecular complexity index is 327. The molecule has 0 saturated carbocycles. The van der Waals surface area contributed by atoms with Crippen molar-refractivity contribution in [2.45, 2.75) is 53.0 Å². The van der Waals surface area contributed by atoms with Gasteiger partial charge in [-0.3, -0.25) is 0 Å². The smallest absolute Gasteiger partial charge is 0.0931 e. The van der Waals surface area contributed by atoms with Gasteiger partial charge in [-0.1, -0.05) is 39.3 Å². The summed E-state index contributed by atoms with van der Waals surface area (Å²) in [7, 11) is 0. The van der Waals surface area contributed by atoms with E-state index in [2.05, 4.69) is 39.1 Å². The van der Waals surface area contributed by atoms with Gasteiger partial charge in [0.15, 0.2) is 0 Å². The minimum absolute atomic E-state index is 0.316. The molecule has 0 fully saturated rings. The van der Waals surface area contributed by atoms with Crippen molar-refractivity contribution in [3.05, 3.63) is 21.3 Å². The van der Waals surface area contributed by atoms with E-state index in [0.29, 0.717) is 11.5 Å². The number of rotatable bonds is 6. The molecule has 0 amide bonds. The molecule has 1 rings (SSSR count). The Balaban J connectivity index is 2.49. The molecular weight excluding hydrogens is 250 g/mol. The highest BCUT2D eigenvalue weighted by Crippen LogP contribution is 2.27. The highest BCUT2D eigenvalue weighted by Gasteiger charge is 2.23. The van der Waals surface area contributed by atoms with Crippen LogP contribution >= 0.6 is 22.9 Å². The Morgan fingerprint density at radius 2 is 2.06 bits per heavy atom. The largest absolute Gasteiger partial charge is 0.313 e. The van der Waals surface area contributed by atoms with Gasteiger partial charge in [0.1, 0.15) is 0 Å². The summed E-state index contributed by atoms with van der Waals surface area (Å²) >= 11 is 7.65. The molecule has 0 aliphatic heterocycles. The van der Waals surface area contributed by atoms with Gasteiger partial charge in [0.2, 0.25) is 0 Å². The number of halogens is 1. The molecule has 1 aromatic rings. The lowest BCUT2D eigenvalue weighted by atomic mass is 9.84. The van der Waals surface area contributed by atoms with E-state index in [1.807, 2.05) is 6.07 Å². The van der Waals surface area contributed by atoms with Crippen LogP contribution in [0.2, 0.25) is 4.34 Å². The van der Waals surface area contributed by atoms with Gasteiger partial charge in [-0.25, -0.2) is 0 Å². The molecule has 3 heteroatoms. The maximum absolute atomic E-state index is 5.95. The first-order chi connectivity index (χ1) is 7.93. The van der Waals surface area contributed by atoms with Gasteiger partial charge in [-0.05, 0) is 43.4 Å². The summed E-state index contributed by atoms with van der Waals surface area (Å²) in [6, 6.07) is 4.71. The van der Waals surface area contributed by atoms with Crippen LogP contribution in [0, 0.1) is 5.41 Å². The van der Waals surface area contributed by atoms with Crippen molar-refractivity contribution < 1.29 is 0 Å². The SMILES string of the molecule is CCCNC(CCc1ccc(Cl)s1)C(C)(C)C. The molecule has 0 aliphatic rings. The molecule has 0 radical (unpaired) electrons. The molecule has 0 aromatic carbocycles. The molecule has 1 heterocycles. The lowest BCUT2D eigenvalue weighted by Crippen LogP contribution is -2.41. The fourth-order valence-electron chi connectivity index (χ4n) is 1.93. The molecular formula is C14H24ClNS. The minimum Gasteiger partial charge on any atom is -0.313 e. The average Bonchev–Trinajstić information content (AvgIpc) is 2.62. The average molecular weight is 274 g/mol. The number of nitrogens with one attached hydrogen (secondary N) is 1. The molecule has 17 heavy (non-hydrogen) atoms. The molecule has 1 nitrogen and oxygen atoms in total. The van der Waals surface area contributed by atoms with Crippen molar-refractivity contribution in [3.63, 3.8) is 0 Å². The number of aryl methyl sites for hydroxylation is 1. The first-order valence-electron chi connectivity index (χ1n) is 6.41. The van der Waals surface area contributed by atoms with Crippen molar-refractivity contribution in [1.29, 1.82) is 0 Å². The number of hydrogen-bond donors (Lipinski definition) is 1. The van der Waals surface area contributed by atoms with Crippen molar-refractivity contribution >= 4 is 22.9 Å². The van der Waals surface area contributed by atoms with E-state index in [-0.39, 0.29) is 0 Å². The molecule has 1 aromatic heterocycles. The fourth-order valence-corrected chi connectivity index (χ4v) is 3.04. The Hall–Kier alpha value is -0.0500. The molecule has 0 bridgehead atoms. The number of hydrogen-bond acceptors (Lipinski definition) is 2. The monoisotopic (exact) mass is 273 g/mol. The van der Waals surface area contributed by atoms with E-state index in [1.54, 1.807) is 11.3 Å². The molecule has 1 N–H and O–H groups in total. The third kappa shape index (κ3) is 5.41. The molecule has 0 aliphatic carbocycles. The van der Waals surface area contributed by atoms with Gasteiger partial charge in [0, 0.05) is 10.9 Å². The van der Waals surface area contributed by atoms with Crippen LogP contribution in [0.15, 0.2) is 12.1 Å². The van der Waals surface area contributed by atoms with Crippen LogP contribution in [0.5, 0.6) is 0 Å². The van der Waals surface area contributed by atoms with Crippen LogP contribution in [0.4, 0.5) is 0 Å². The fraction of sp³-hybridized carbons (Fsp3) is 0.714. The van der Waals surface area contributed by atoms with Crippen LogP contribution in [0.1, 0.15) is 45.4 Å². The molecule has 1 atom stereocenters. The van der Waals surface area contributed by atoms with Crippen LogP contribution in [0.3, 0.4) is 0 Å². The van der Waals surface area contributed by atoms with Crippen molar-refractivity contribution in [1.82, 2.24) is 5.32 Å². The van der Waals surface area contributed by atoms with Crippen LogP contribution in [-0.4, -0.2) is 12.6 Å². The van der Waals surface area contributed by atoms with E-state index in [4.69, 9.17) is 11.6 Å². The minimum atomic E-state index is 0.316. The summed E-state index contributed by atoms with van der Waals surface area (Å²) < 4.78 is 0.897. The highest BCUT2D eigenvalue weighted by molar-refractivity contribution is 7.16. The molecule has 0 saturated heterocycles. The first-order valence-corrected chi connectivity index (χ1v) is 7.60. The third-order valence-corrected chi connectivity index (χ3v) is 4.29. The second-order valence-electron chi connectivity index (χ2n) is 5.62. The molecule has 0 spiro atoms. The zero-order valence-electron chi connectivity index (χ0n) is 11.3. The van der Waals surface area contributed by atoms with Gasteiger partial charge in [-0.2, -0.15) is 0 Å². The predicted molar refractivity (Wildman–Crippen MR) is 79.2 cm³/mol. The second kappa shape index (κ2) is 6.77. The van der Waals surface area contributed by atoms with E-state index in [9.17, 15) is 0 Å². The maximum atomic E-state index is 5.95. The maximum Gasteiger partial charge on any atom is 0.0931 e. The summed E-state index contributed by atoms with van der Waals surface area (Å²) in [6.07, 6.45) is 3.49. The summed E-state index contributed by atoms with van der Waals surface area (Å²) in [5.74, 6) is 0. The normalized spacial score (nSPS) is 13.9. The van der Waals surface area contributed by atoms with Crippen LogP contribution in [-0.2, 0) is 6.42 Å². The predicted octanol–water partition coefficient (Wildman–Crippen LogP) is 4.75. The van der Waals surface area contributed by atoms with Gasteiger partial charge >= 0.3 is 0 Å². The van der Waals surface area contributed by atoms with Gasteiger partial charge in [0.25, 0.3) is 0 Å². The highest BCUT2D eigenvalue weighted by atomic mass is 35.5. The van der Waals surface area contributed by atoms with Crippen molar-refractivity contribution in [2.75, 3.05) is 6.54 Å². The summed E-state index contributed by atoms with van der Waals surface area (Å²) in [5.41, 5.74) is 0.316. The van der Waals surface area contributed by atoms with Crippen LogP contribution < -0.4 is 5.32 Å². The molecule has 98 valence electrons. The standard InChI is InChI=1S/C14H24ClNS/c1-5-10-16-12(14(2,3)4)8-6-11-7-9-13(15)17-11/h7,9,12,16H,5-6,8,10H2,1-4H3. The van der Waals surface area contributed by atoms with E-state index in [1.165, 1.54) is 17.7 Å². The topological polar surface area (TPSA) is 12.0 Å². The Kier molecular flexibility index (Phi) is 5.98. The van der Waals surface area contributed by atoms with Gasteiger partial charge in [0.05, 0.1) is 4.34 Å². The van der Waals surface area contributed by atoms with Gasteiger partial charge < -0.3 is 5.32 Å². The lowest BCUT2D eigenvalue weighted by Gasteiger charge is -2.31. The summed E-state index contributed by atoms with van der Waals surface area (Å²) in [4.78, 5) is 1.39. The zero-order chi connectivity index (χ0) is 12.9. The quantitative estimate of drug-likeness (QED) is 0.789. The second-order valence-corrected chi connectivity index (χ2v) is 7.42. The van der Waals surface area contributed by atoms with E-state index >= 15 is 0 Å². The Morgan fingerprint density at radius 3 is 2.53 bits per heavy atom. The van der Waals surface area contributed by atoms with E-state index < -0.39 is 0 Å². The van der Waals surface area contributed by atoms with Gasteiger partial charge in [-0.15, -0.1) is 11.3 Å². The van der Waals surface area contributed by atoms with Crippen molar-refractivity contribution in [3.8, 4) is 0 Å². The van der Waals surface area contributed by atoms with Crippen LogP contribution in [0.25, 0.3) is 0 Å². The zero-order valence-corrected chi connectivity index (χ0v) is 12.9. The Labute approximate surface area is 115 Å². The van der Waals surface area contributed by atoms with E-state index in [0.717, 1.165) is 17.3 Å². The summed E-state index contributed by atoms with van der Waals surface area (Å²) in [6.45, 7) is 10.2. The summed E-state index contributed by atoms with van der Waals surface area (Å²) in [5, 5.41) is 3.66. The Morgan fingerprint density at radius 1 is 1.35 bits per heavy atom. The number of thiophene rings is 1. The molecule has 1 unspecified atom stereocenters. The first kappa shape index (κ1) is 15.0. The van der Waals surface area contributed by atoms with Crippen molar-refractivity contribution in [2.24, 2.45) is 5.41 Å². The lowest BCUT2D eigenvalue weighted by molar-refractivity contribution is 0.255.